The lowest BCUT2D eigenvalue weighted by molar-refractivity contribution is -0.991. The van der Waals surface area contributed by atoms with E-state index in [0.717, 1.165) is 27.7 Å². The number of rotatable bonds is 6. The van der Waals surface area contributed by atoms with Crippen molar-refractivity contribution in [1.82, 2.24) is 0 Å². The van der Waals surface area contributed by atoms with Crippen LogP contribution in [0.25, 0.3) is 0 Å². The molecule has 12 nitrogen and oxygen atoms in total. The monoisotopic (exact) mass is 280 g/mol. The molecule has 0 aromatic carbocycles. The molecule has 0 saturated heterocycles. The van der Waals surface area contributed by atoms with E-state index in [1.54, 1.807) is 0 Å². The van der Waals surface area contributed by atoms with Gasteiger partial charge in [0.05, 0.1) is 0 Å². The average molecular weight is 280 g/mol. The van der Waals surface area contributed by atoms with E-state index in [9.17, 15) is 40.5 Å². The first kappa shape index (κ1) is 16.6. The van der Waals surface area contributed by atoms with Crippen molar-refractivity contribution in [2.24, 2.45) is 5.41 Å². The van der Waals surface area contributed by atoms with E-state index < -0.39 is 36.4 Å². The summed E-state index contributed by atoms with van der Waals surface area (Å²) in [6, 6.07) is 0. The van der Waals surface area contributed by atoms with Crippen LogP contribution in [0.15, 0.2) is 0 Å². The Morgan fingerprint density at radius 2 is 0.895 bits per heavy atom. The second-order valence-electron chi connectivity index (χ2n) is 4.85. The number of nitrogens with zero attached hydrogens (tertiary/aromatic N) is 4. The molecule has 0 aliphatic carbocycles. The highest BCUT2D eigenvalue weighted by Gasteiger charge is 2.87. The number of nitro groups is 4. The molecule has 12 heteroatoms. The second-order valence-corrected chi connectivity index (χ2v) is 4.85. The van der Waals surface area contributed by atoms with E-state index >= 15 is 0 Å². The maximum absolute atomic E-state index is 10.9. The van der Waals surface area contributed by atoms with E-state index in [-0.39, 0.29) is 0 Å². The maximum atomic E-state index is 10.9. The topological polar surface area (TPSA) is 173 Å². The minimum Gasteiger partial charge on any atom is -0.264 e. The van der Waals surface area contributed by atoms with Crippen LogP contribution < -0.4 is 0 Å². The standard InChI is InChI=1S/C7H12N4O8/c1-5(2,6(3,4)8(12)13)7(9(14)15,10(16)17)11(18)19/h1-4H3. The highest BCUT2D eigenvalue weighted by Crippen LogP contribution is 2.45. The van der Waals surface area contributed by atoms with Gasteiger partial charge in [-0.25, -0.2) is 0 Å². The fourth-order valence-electron chi connectivity index (χ4n) is 1.52. The van der Waals surface area contributed by atoms with Gasteiger partial charge < -0.3 is 0 Å². The third-order valence-electron chi connectivity index (χ3n) is 3.59. The summed E-state index contributed by atoms with van der Waals surface area (Å²) in [4.78, 5) is 37.5. The molecule has 0 unspecified atom stereocenters. The summed E-state index contributed by atoms with van der Waals surface area (Å²) in [5.74, 6) is -3.91. The van der Waals surface area contributed by atoms with Gasteiger partial charge in [-0.3, -0.25) is 40.5 Å². The first-order chi connectivity index (χ1) is 8.27. The second kappa shape index (κ2) is 4.37. The molecule has 0 radical (unpaired) electrons. The van der Waals surface area contributed by atoms with Gasteiger partial charge >= 0.3 is 5.79 Å². The summed E-state index contributed by atoms with van der Waals surface area (Å²) in [7, 11) is 0. The smallest absolute Gasteiger partial charge is 0.264 e. The molecule has 0 rings (SSSR count). The van der Waals surface area contributed by atoms with Crippen LogP contribution in [0.2, 0.25) is 0 Å². The molecule has 0 bridgehead atoms. The molecule has 0 amide bonds. The van der Waals surface area contributed by atoms with Crippen molar-refractivity contribution in [2.75, 3.05) is 0 Å². The Bertz CT molecular complexity index is 420. The zero-order valence-electron chi connectivity index (χ0n) is 10.6. The van der Waals surface area contributed by atoms with Gasteiger partial charge in [0.25, 0.3) is 5.41 Å². The zero-order chi connectivity index (χ0) is 15.8. The summed E-state index contributed by atoms with van der Waals surface area (Å²) in [6.45, 7) is 3.23. The fourth-order valence-corrected chi connectivity index (χ4v) is 1.52. The van der Waals surface area contributed by atoms with Crippen LogP contribution in [0.3, 0.4) is 0 Å². The Balaban J connectivity index is 6.49. The van der Waals surface area contributed by atoms with E-state index in [4.69, 9.17) is 0 Å². The van der Waals surface area contributed by atoms with E-state index in [0.29, 0.717) is 0 Å². The summed E-state index contributed by atoms with van der Waals surface area (Å²) in [6.07, 6.45) is 0. The van der Waals surface area contributed by atoms with Crippen LogP contribution in [-0.2, 0) is 0 Å². The van der Waals surface area contributed by atoms with Crippen LogP contribution >= 0.6 is 0 Å². The predicted octanol–water partition coefficient (Wildman–Crippen LogP) is 0.552. The molecule has 0 aliphatic heterocycles. The lowest BCUT2D eigenvalue weighted by Crippen LogP contribution is -2.70. The first-order valence-electron chi connectivity index (χ1n) is 4.86. The van der Waals surface area contributed by atoms with Gasteiger partial charge in [0.1, 0.15) is 0 Å². The Morgan fingerprint density at radius 1 is 0.632 bits per heavy atom. The summed E-state index contributed by atoms with van der Waals surface area (Å²) in [5, 5.41) is 43.7. The third kappa shape index (κ3) is 1.84. The molecule has 0 aromatic heterocycles. The molecule has 0 atom stereocenters. The van der Waals surface area contributed by atoms with Crippen molar-refractivity contribution in [2.45, 2.75) is 39.0 Å². The van der Waals surface area contributed by atoms with Crippen LogP contribution in [-0.4, -0.2) is 31.0 Å². The molecule has 19 heavy (non-hydrogen) atoms. The molecule has 0 N–H and O–H groups in total. The van der Waals surface area contributed by atoms with Gasteiger partial charge in [-0.05, 0) is 13.8 Å². The Kier molecular flexibility index (Phi) is 3.81. The normalized spacial score (nSPS) is 12.8. The van der Waals surface area contributed by atoms with Gasteiger partial charge in [-0.2, -0.15) is 0 Å². The van der Waals surface area contributed by atoms with Gasteiger partial charge in [0.2, 0.25) is 5.54 Å². The Labute approximate surface area is 106 Å². The highest BCUT2D eigenvalue weighted by atomic mass is 16.7. The van der Waals surface area contributed by atoms with Crippen molar-refractivity contribution in [1.29, 1.82) is 0 Å². The minimum absolute atomic E-state index is 0.754. The van der Waals surface area contributed by atoms with Crippen LogP contribution in [0.5, 0.6) is 0 Å². The number of hydrogen-bond donors (Lipinski definition) is 0. The van der Waals surface area contributed by atoms with E-state index in [2.05, 4.69) is 0 Å². The van der Waals surface area contributed by atoms with Crippen LogP contribution in [0.4, 0.5) is 0 Å². The van der Waals surface area contributed by atoms with Gasteiger partial charge in [0, 0.05) is 18.8 Å². The maximum Gasteiger partial charge on any atom is 0.712 e. The molecule has 108 valence electrons. The largest absolute Gasteiger partial charge is 0.712 e. The Hall–Kier alpha value is -2.40. The van der Waals surface area contributed by atoms with Gasteiger partial charge in [-0.15, -0.1) is 0 Å². The molecule has 0 saturated carbocycles. The quantitative estimate of drug-likeness (QED) is 0.385. The Morgan fingerprint density at radius 3 is 1.05 bits per heavy atom. The van der Waals surface area contributed by atoms with Crippen molar-refractivity contribution in [3.8, 4) is 0 Å². The molecule has 0 spiro atoms. The SMILES string of the molecule is CC(C)([N+](=O)[O-])C(C)(C)C([N+](=O)[O-])([N+](=O)[O-])[N+](=O)[O-]. The molecule has 0 fully saturated rings. The zero-order valence-corrected chi connectivity index (χ0v) is 10.6. The first-order valence-corrected chi connectivity index (χ1v) is 4.86. The summed E-state index contributed by atoms with van der Waals surface area (Å²) >= 11 is 0. The molecule has 0 aliphatic rings. The minimum atomic E-state index is -3.91. The average Bonchev–Trinajstić information content (AvgIpc) is 2.14. The summed E-state index contributed by atoms with van der Waals surface area (Å²) in [5.41, 5.74) is -4.78. The van der Waals surface area contributed by atoms with Crippen molar-refractivity contribution in [3.05, 3.63) is 40.5 Å². The van der Waals surface area contributed by atoms with Crippen LogP contribution in [0.1, 0.15) is 27.7 Å². The summed E-state index contributed by atoms with van der Waals surface area (Å²) < 4.78 is 0. The van der Waals surface area contributed by atoms with Crippen LogP contribution in [0, 0.1) is 45.9 Å². The molecular formula is C7H12N4O8. The van der Waals surface area contributed by atoms with Crippen molar-refractivity contribution in [3.63, 3.8) is 0 Å². The lowest BCUT2D eigenvalue weighted by Gasteiger charge is -2.31. The predicted molar refractivity (Wildman–Crippen MR) is 58.6 cm³/mol. The molecule has 0 aromatic rings. The van der Waals surface area contributed by atoms with Crippen molar-refractivity contribution < 1.29 is 19.7 Å². The van der Waals surface area contributed by atoms with Gasteiger partial charge in [-0.1, -0.05) is 0 Å². The molecular weight excluding hydrogens is 268 g/mol. The van der Waals surface area contributed by atoms with Crippen molar-refractivity contribution >= 4 is 0 Å². The highest BCUT2D eigenvalue weighted by molar-refractivity contribution is 4.92. The fraction of sp³-hybridized carbons (Fsp3) is 1.00. The van der Waals surface area contributed by atoms with E-state index in [1.807, 2.05) is 0 Å². The van der Waals surface area contributed by atoms with Gasteiger partial charge in [0.15, 0.2) is 14.8 Å². The van der Waals surface area contributed by atoms with E-state index in [1.165, 1.54) is 0 Å². The lowest BCUT2D eigenvalue weighted by atomic mass is 9.69. The number of hydrogen-bond acceptors (Lipinski definition) is 8. The molecule has 0 heterocycles. The third-order valence-corrected chi connectivity index (χ3v) is 3.59.